The van der Waals surface area contributed by atoms with Crippen LogP contribution in [-0.4, -0.2) is 52.8 Å². The summed E-state index contributed by atoms with van der Waals surface area (Å²) < 4.78 is 1.18. The maximum Gasteiger partial charge on any atom is 0.268 e. The van der Waals surface area contributed by atoms with Crippen molar-refractivity contribution in [3.63, 3.8) is 0 Å². The zero-order chi connectivity index (χ0) is 16.3. The molecular formula is C12H13Cl2N3O4S. The second-order valence-corrected chi connectivity index (χ2v) is 6.46. The number of aromatic amines is 1. The lowest BCUT2D eigenvalue weighted by Gasteiger charge is -2.13. The van der Waals surface area contributed by atoms with Gasteiger partial charge in [-0.15, -0.1) is 11.3 Å². The van der Waals surface area contributed by atoms with E-state index in [9.17, 15) is 9.59 Å². The Morgan fingerprint density at radius 2 is 2.00 bits per heavy atom. The van der Waals surface area contributed by atoms with Gasteiger partial charge in [0.25, 0.3) is 5.91 Å². The van der Waals surface area contributed by atoms with Crippen LogP contribution in [0.4, 0.5) is 0 Å². The van der Waals surface area contributed by atoms with Crippen LogP contribution in [0, 0.1) is 0 Å². The van der Waals surface area contributed by atoms with Gasteiger partial charge in [0.15, 0.2) is 0 Å². The van der Waals surface area contributed by atoms with Crippen LogP contribution >= 0.6 is 34.5 Å². The quantitative estimate of drug-likeness (QED) is 0.519. The number of hydrogen-bond acceptors (Lipinski definition) is 5. The van der Waals surface area contributed by atoms with Gasteiger partial charge in [-0.1, -0.05) is 23.2 Å². The molecule has 0 spiro atoms. The Hall–Kier alpha value is -1.32. The van der Waals surface area contributed by atoms with Crippen molar-refractivity contribution >= 4 is 56.6 Å². The van der Waals surface area contributed by atoms with Gasteiger partial charge in [0.1, 0.15) is 10.0 Å². The van der Waals surface area contributed by atoms with Gasteiger partial charge in [-0.05, 0) is 6.07 Å². The number of carbonyl (C=O) groups is 2. The van der Waals surface area contributed by atoms with Crippen molar-refractivity contribution < 1.29 is 19.8 Å². The second-order valence-electron chi connectivity index (χ2n) is 4.42. The molecule has 0 bridgehead atoms. The van der Waals surface area contributed by atoms with E-state index in [4.69, 9.17) is 33.4 Å². The number of halogens is 2. The molecular weight excluding hydrogens is 353 g/mol. The first-order valence-corrected chi connectivity index (χ1v) is 7.79. The van der Waals surface area contributed by atoms with Crippen molar-refractivity contribution in [2.75, 3.05) is 19.8 Å². The highest BCUT2D eigenvalue weighted by Gasteiger charge is 2.17. The van der Waals surface area contributed by atoms with E-state index >= 15 is 0 Å². The van der Waals surface area contributed by atoms with Crippen molar-refractivity contribution in [2.45, 2.75) is 6.04 Å². The molecule has 0 aromatic carbocycles. The van der Waals surface area contributed by atoms with Crippen LogP contribution in [0.3, 0.4) is 0 Å². The number of thiophene rings is 1. The van der Waals surface area contributed by atoms with Crippen molar-refractivity contribution in [2.24, 2.45) is 0 Å². The monoisotopic (exact) mass is 365 g/mol. The number of aromatic nitrogens is 1. The number of hydrogen-bond donors (Lipinski definition) is 5. The lowest BCUT2D eigenvalue weighted by atomic mass is 10.3. The molecule has 22 heavy (non-hydrogen) atoms. The second kappa shape index (κ2) is 7.30. The molecule has 120 valence electrons. The van der Waals surface area contributed by atoms with Gasteiger partial charge in [0.05, 0.1) is 41.0 Å². The number of aliphatic hydroxyl groups is 2. The molecule has 2 aromatic heterocycles. The molecule has 0 saturated heterocycles. The van der Waals surface area contributed by atoms with Crippen molar-refractivity contribution in [3.05, 3.63) is 21.1 Å². The molecule has 5 N–H and O–H groups in total. The van der Waals surface area contributed by atoms with Crippen LogP contribution < -0.4 is 10.6 Å². The van der Waals surface area contributed by atoms with Gasteiger partial charge < -0.3 is 25.8 Å². The maximum absolute atomic E-state index is 11.9. The molecule has 0 saturated carbocycles. The Morgan fingerprint density at radius 1 is 1.32 bits per heavy atom. The van der Waals surface area contributed by atoms with Crippen LogP contribution in [-0.2, 0) is 4.79 Å². The molecule has 2 aromatic rings. The zero-order valence-corrected chi connectivity index (χ0v) is 13.5. The summed E-state index contributed by atoms with van der Waals surface area (Å²) in [6.07, 6.45) is 0. The minimum atomic E-state index is -0.749. The smallest absolute Gasteiger partial charge is 0.268 e. The average molecular weight is 366 g/mol. The van der Waals surface area contributed by atoms with Crippen molar-refractivity contribution in [1.82, 2.24) is 15.6 Å². The van der Waals surface area contributed by atoms with E-state index in [1.54, 1.807) is 6.07 Å². The highest BCUT2D eigenvalue weighted by Crippen LogP contribution is 2.38. The first-order chi connectivity index (χ1) is 10.5. The minimum Gasteiger partial charge on any atom is -0.394 e. The molecule has 0 atom stereocenters. The fourth-order valence-electron chi connectivity index (χ4n) is 1.72. The number of H-pyrrole nitrogens is 1. The maximum atomic E-state index is 11.9. The fourth-order valence-corrected chi connectivity index (χ4v) is 3.21. The van der Waals surface area contributed by atoms with Gasteiger partial charge >= 0.3 is 0 Å². The summed E-state index contributed by atoms with van der Waals surface area (Å²) in [5.74, 6) is -0.994. The Morgan fingerprint density at radius 3 is 2.59 bits per heavy atom. The van der Waals surface area contributed by atoms with Crippen molar-refractivity contribution in [3.8, 4) is 0 Å². The number of carbonyl (C=O) groups excluding carboxylic acids is 2. The predicted molar refractivity (Wildman–Crippen MR) is 84.6 cm³/mol. The number of amides is 2. The number of nitrogens with one attached hydrogen (secondary N) is 3. The molecule has 2 amide bonds. The van der Waals surface area contributed by atoms with E-state index in [1.165, 1.54) is 11.3 Å². The normalized spacial score (nSPS) is 11.1. The van der Waals surface area contributed by atoms with Crippen LogP contribution in [0.25, 0.3) is 10.2 Å². The molecule has 2 rings (SSSR count). The highest BCUT2D eigenvalue weighted by molar-refractivity contribution is 7.23. The third-order valence-corrected chi connectivity index (χ3v) is 4.77. The standard InChI is InChI=1S/C12H13Cl2N3O4S/c13-9-10-7(22-11(9)14)1-6(17-10)12(21)15-2-8(20)16-5(3-18)4-19/h1,5,17-19H,2-4H2,(H,15,21)(H,16,20). The molecule has 2 heterocycles. The van der Waals surface area contributed by atoms with Gasteiger partial charge in [0.2, 0.25) is 5.91 Å². The Kier molecular flexibility index (Phi) is 5.65. The van der Waals surface area contributed by atoms with Crippen LogP contribution in [0.2, 0.25) is 9.36 Å². The molecule has 10 heteroatoms. The van der Waals surface area contributed by atoms with Crippen molar-refractivity contribution in [1.29, 1.82) is 0 Å². The van der Waals surface area contributed by atoms with Gasteiger partial charge in [-0.2, -0.15) is 0 Å². The fraction of sp³-hybridized carbons (Fsp3) is 0.333. The molecule has 0 aliphatic heterocycles. The third kappa shape index (κ3) is 3.71. The summed E-state index contributed by atoms with van der Waals surface area (Å²) in [7, 11) is 0. The molecule has 0 aliphatic carbocycles. The molecule has 0 radical (unpaired) electrons. The molecule has 0 aliphatic rings. The Balaban J connectivity index is 1.95. The highest BCUT2D eigenvalue weighted by atomic mass is 35.5. The SMILES string of the molecule is O=C(CNC(=O)c1cc2sc(Cl)c(Cl)c2[nH]1)NC(CO)CO. The van der Waals surface area contributed by atoms with E-state index in [-0.39, 0.29) is 25.5 Å². The average Bonchev–Trinajstić information content (AvgIpc) is 3.03. The lowest BCUT2D eigenvalue weighted by molar-refractivity contribution is -0.121. The molecule has 0 fully saturated rings. The van der Waals surface area contributed by atoms with Gasteiger partial charge in [-0.3, -0.25) is 9.59 Å². The third-order valence-electron chi connectivity index (χ3n) is 2.83. The van der Waals surface area contributed by atoms with E-state index in [0.717, 1.165) is 4.70 Å². The first-order valence-electron chi connectivity index (χ1n) is 6.22. The van der Waals surface area contributed by atoms with Crippen LogP contribution in [0.5, 0.6) is 0 Å². The Bertz CT molecular complexity index is 696. The number of fused-ring (bicyclic) bond motifs is 1. The molecule has 7 nitrogen and oxygen atoms in total. The summed E-state index contributed by atoms with van der Waals surface area (Å²) in [5.41, 5.74) is 0.834. The van der Waals surface area contributed by atoms with Gasteiger partial charge in [-0.25, -0.2) is 0 Å². The summed E-state index contributed by atoms with van der Waals surface area (Å²) >= 11 is 13.1. The van der Waals surface area contributed by atoms with E-state index in [2.05, 4.69) is 15.6 Å². The van der Waals surface area contributed by atoms with E-state index in [0.29, 0.717) is 14.9 Å². The Labute approximate surface area is 139 Å². The minimum absolute atomic E-state index is 0.258. The number of rotatable bonds is 6. The predicted octanol–water partition coefficient (Wildman–Crippen LogP) is 0.735. The topological polar surface area (TPSA) is 114 Å². The summed E-state index contributed by atoms with van der Waals surface area (Å²) in [5, 5.41) is 22.8. The zero-order valence-electron chi connectivity index (χ0n) is 11.2. The largest absolute Gasteiger partial charge is 0.394 e. The summed E-state index contributed by atoms with van der Waals surface area (Å²) in [6.45, 7) is -1.05. The first kappa shape index (κ1) is 17.0. The molecule has 0 unspecified atom stereocenters. The summed E-state index contributed by atoms with van der Waals surface area (Å²) in [6, 6.07) is 0.844. The number of aliphatic hydroxyl groups excluding tert-OH is 2. The summed E-state index contributed by atoms with van der Waals surface area (Å²) in [4.78, 5) is 26.3. The van der Waals surface area contributed by atoms with E-state index in [1.807, 2.05) is 0 Å². The van der Waals surface area contributed by atoms with Gasteiger partial charge in [0, 0.05) is 0 Å². The lowest BCUT2D eigenvalue weighted by Crippen LogP contribution is -2.45. The van der Waals surface area contributed by atoms with Crippen LogP contribution in [0.15, 0.2) is 6.07 Å². The van der Waals surface area contributed by atoms with Crippen LogP contribution in [0.1, 0.15) is 10.5 Å². The van der Waals surface area contributed by atoms with E-state index < -0.39 is 17.9 Å².